The minimum atomic E-state index is -0.479. The highest BCUT2D eigenvalue weighted by atomic mass is 35.5. The average molecular weight is 225 g/mol. The van der Waals surface area contributed by atoms with Crippen molar-refractivity contribution in [2.75, 3.05) is 5.32 Å². The molecular formula is C10H9ClN2O2. The van der Waals surface area contributed by atoms with E-state index >= 15 is 0 Å². The van der Waals surface area contributed by atoms with Gasteiger partial charge < -0.3 is 10.4 Å². The van der Waals surface area contributed by atoms with Crippen LogP contribution in [0.1, 0.15) is 12.0 Å². The van der Waals surface area contributed by atoms with Crippen molar-refractivity contribution < 1.29 is 9.90 Å². The minimum Gasteiger partial charge on any atom is -0.506 e. The number of aromatic hydroxyl groups is 1. The van der Waals surface area contributed by atoms with E-state index in [-0.39, 0.29) is 17.9 Å². The quantitative estimate of drug-likeness (QED) is 0.757. The summed E-state index contributed by atoms with van der Waals surface area (Å²) in [4.78, 5) is 11.1. The number of amides is 1. The number of carbonyl (C=O) groups excluding carboxylic acids is 1. The zero-order chi connectivity index (χ0) is 11.4. The fraction of sp³-hybridized carbons (Fsp3) is 0.200. The molecule has 2 N–H and O–H groups in total. The van der Waals surface area contributed by atoms with Crippen LogP contribution in [0.5, 0.6) is 5.75 Å². The Labute approximate surface area is 92.1 Å². The summed E-state index contributed by atoms with van der Waals surface area (Å²) in [6.07, 6.45) is -0.259. The maximum atomic E-state index is 11.1. The number of rotatable bonds is 2. The van der Waals surface area contributed by atoms with Crippen LogP contribution in [0.3, 0.4) is 0 Å². The number of nitrogens with zero attached hydrogens (tertiary/aromatic N) is 1. The SMILES string of the molecule is Cc1cc(O)c(NC(=O)CC#N)cc1Cl. The minimum absolute atomic E-state index is 0.0665. The van der Waals surface area contributed by atoms with Gasteiger partial charge in [0.2, 0.25) is 5.91 Å². The van der Waals surface area contributed by atoms with Gasteiger partial charge >= 0.3 is 0 Å². The van der Waals surface area contributed by atoms with Gasteiger partial charge in [-0.05, 0) is 24.6 Å². The van der Waals surface area contributed by atoms with E-state index in [2.05, 4.69) is 5.32 Å². The summed E-state index contributed by atoms with van der Waals surface area (Å²) in [7, 11) is 0. The summed E-state index contributed by atoms with van der Waals surface area (Å²) in [5, 5.41) is 20.6. The van der Waals surface area contributed by atoms with Gasteiger partial charge in [-0.3, -0.25) is 4.79 Å². The number of benzene rings is 1. The molecule has 0 fully saturated rings. The number of carbonyl (C=O) groups is 1. The topological polar surface area (TPSA) is 73.1 Å². The number of anilines is 1. The lowest BCUT2D eigenvalue weighted by Crippen LogP contribution is -2.10. The average Bonchev–Trinajstić information content (AvgIpc) is 2.14. The van der Waals surface area contributed by atoms with Gasteiger partial charge in [-0.25, -0.2) is 0 Å². The second-order valence-electron chi connectivity index (χ2n) is 3.00. The van der Waals surface area contributed by atoms with Gasteiger partial charge in [0.1, 0.15) is 12.2 Å². The van der Waals surface area contributed by atoms with Crippen LogP contribution in [-0.2, 0) is 4.79 Å². The molecule has 0 aliphatic rings. The molecule has 0 aromatic heterocycles. The molecule has 0 bridgehead atoms. The van der Waals surface area contributed by atoms with E-state index in [1.54, 1.807) is 13.0 Å². The van der Waals surface area contributed by atoms with Crippen LogP contribution in [-0.4, -0.2) is 11.0 Å². The third-order valence-electron chi connectivity index (χ3n) is 1.79. The van der Waals surface area contributed by atoms with Crippen LogP contribution in [0.25, 0.3) is 0 Å². The molecule has 0 unspecified atom stereocenters. The zero-order valence-corrected chi connectivity index (χ0v) is 8.80. The molecule has 0 aliphatic heterocycles. The van der Waals surface area contributed by atoms with Crippen LogP contribution >= 0.6 is 11.6 Å². The fourth-order valence-corrected chi connectivity index (χ4v) is 1.20. The van der Waals surface area contributed by atoms with Gasteiger partial charge in [-0.15, -0.1) is 0 Å². The molecule has 1 amide bonds. The zero-order valence-electron chi connectivity index (χ0n) is 8.04. The Kier molecular flexibility index (Phi) is 3.53. The smallest absolute Gasteiger partial charge is 0.238 e. The van der Waals surface area contributed by atoms with Crippen LogP contribution in [0.15, 0.2) is 12.1 Å². The molecule has 78 valence electrons. The lowest BCUT2D eigenvalue weighted by molar-refractivity contribution is -0.115. The third kappa shape index (κ3) is 2.86. The molecule has 0 radical (unpaired) electrons. The highest BCUT2D eigenvalue weighted by molar-refractivity contribution is 6.31. The Morgan fingerprint density at radius 1 is 1.67 bits per heavy atom. The number of phenols is 1. The summed E-state index contributed by atoms with van der Waals surface area (Å²) >= 11 is 5.82. The van der Waals surface area contributed by atoms with Gasteiger partial charge in [0.05, 0.1) is 11.8 Å². The maximum absolute atomic E-state index is 11.1. The molecule has 0 spiro atoms. The first-order valence-electron chi connectivity index (χ1n) is 4.20. The molecule has 4 nitrogen and oxygen atoms in total. The fourth-order valence-electron chi connectivity index (χ4n) is 1.03. The number of halogens is 1. The number of nitrogens with one attached hydrogen (secondary N) is 1. The van der Waals surface area contributed by atoms with Gasteiger partial charge in [-0.2, -0.15) is 5.26 Å². The second kappa shape index (κ2) is 4.67. The van der Waals surface area contributed by atoms with Crippen LogP contribution < -0.4 is 5.32 Å². The molecule has 0 aliphatic carbocycles. The Hall–Kier alpha value is -1.73. The van der Waals surface area contributed by atoms with Crippen molar-refractivity contribution in [2.45, 2.75) is 13.3 Å². The van der Waals surface area contributed by atoms with Crippen molar-refractivity contribution in [1.29, 1.82) is 5.26 Å². The molecule has 1 aromatic rings. The van der Waals surface area contributed by atoms with E-state index in [4.69, 9.17) is 16.9 Å². The molecule has 5 heteroatoms. The van der Waals surface area contributed by atoms with E-state index in [1.807, 2.05) is 0 Å². The summed E-state index contributed by atoms with van der Waals surface area (Å²) in [6.45, 7) is 1.74. The molecular weight excluding hydrogens is 216 g/mol. The van der Waals surface area contributed by atoms with Crippen molar-refractivity contribution in [3.63, 3.8) is 0 Å². The predicted octanol–water partition coefficient (Wildman–Crippen LogP) is 2.21. The first-order valence-corrected chi connectivity index (χ1v) is 4.58. The summed E-state index contributed by atoms with van der Waals surface area (Å²) in [5.41, 5.74) is 0.929. The molecule has 0 atom stereocenters. The van der Waals surface area contributed by atoms with E-state index in [9.17, 15) is 9.90 Å². The van der Waals surface area contributed by atoms with E-state index in [0.29, 0.717) is 10.6 Å². The van der Waals surface area contributed by atoms with Crippen molar-refractivity contribution in [2.24, 2.45) is 0 Å². The summed E-state index contributed by atoms with van der Waals surface area (Å²) in [6, 6.07) is 4.60. The molecule has 0 saturated carbocycles. The predicted molar refractivity (Wildman–Crippen MR) is 56.7 cm³/mol. The third-order valence-corrected chi connectivity index (χ3v) is 2.20. The largest absolute Gasteiger partial charge is 0.506 e. The van der Waals surface area contributed by atoms with Gasteiger partial charge in [0, 0.05) is 5.02 Å². The van der Waals surface area contributed by atoms with Crippen molar-refractivity contribution in [3.05, 3.63) is 22.7 Å². The van der Waals surface area contributed by atoms with E-state index in [0.717, 1.165) is 0 Å². The first kappa shape index (κ1) is 11.3. The number of nitriles is 1. The second-order valence-corrected chi connectivity index (χ2v) is 3.41. The van der Waals surface area contributed by atoms with Gasteiger partial charge in [0.15, 0.2) is 0 Å². The van der Waals surface area contributed by atoms with Crippen LogP contribution in [0.2, 0.25) is 5.02 Å². The number of aryl methyl sites for hydroxylation is 1. The Balaban J connectivity index is 2.92. The summed E-state index contributed by atoms with van der Waals surface area (Å²) in [5.74, 6) is -0.545. The highest BCUT2D eigenvalue weighted by Crippen LogP contribution is 2.29. The number of phenolic OH excluding ortho intramolecular Hbond substituents is 1. The Morgan fingerprint density at radius 2 is 2.33 bits per heavy atom. The monoisotopic (exact) mass is 224 g/mol. The normalized spacial score (nSPS) is 9.40. The van der Waals surface area contributed by atoms with Crippen molar-refractivity contribution in [1.82, 2.24) is 0 Å². The Bertz CT molecular complexity index is 438. The summed E-state index contributed by atoms with van der Waals surface area (Å²) < 4.78 is 0. The standard InChI is InChI=1S/C10H9ClN2O2/c1-6-4-9(14)8(5-7(6)11)13-10(15)2-3-12/h4-5,14H,2H2,1H3,(H,13,15). The Morgan fingerprint density at radius 3 is 2.93 bits per heavy atom. The molecule has 1 rings (SSSR count). The molecule has 1 aromatic carbocycles. The number of hydrogen-bond acceptors (Lipinski definition) is 3. The van der Waals surface area contributed by atoms with E-state index < -0.39 is 5.91 Å². The first-order chi connectivity index (χ1) is 7.04. The highest BCUT2D eigenvalue weighted by Gasteiger charge is 2.08. The lowest BCUT2D eigenvalue weighted by Gasteiger charge is -2.07. The van der Waals surface area contributed by atoms with Gasteiger partial charge in [0.25, 0.3) is 0 Å². The van der Waals surface area contributed by atoms with Crippen molar-refractivity contribution in [3.8, 4) is 11.8 Å². The molecule has 0 heterocycles. The number of hydrogen-bond donors (Lipinski definition) is 2. The van der Waals surface area contributed by atoms with Gasteiger partial charge in [-0.1, -0.05) is 11.6 Å². The van der Waals surface area contributed by atoms with Crippen LogP contribution in [0, 0.1) is 18.3 Å². The maximum Gasteiger partial charge on any atom is 0.238 e. The van der Waals surface area contributed by atoms with Crippen molar-refractivity contribution >= 4 is 23.2 Å². The lowest BCUT2D eigenvalue weighted by atomic mass is 10.2. The molecule has 15 heavy (non-hydrogen) atoms. The van der Waals surface area contributed by atoms with Crippen LogP contribution in [0.4, 0.5) is 5.69 Å². The molecule has 0 saturated heterocycles. The van der Waals surface area contributed by atoms with E-state index in [1.165, 1.54) is 12.1 Å².